The highest BCUT2D eigenvalue weighted by molar-refractivity contribution is 5.94. The van der Waals surface area contributed by atoms with Crippen molar-refractivity contribution in [1.82, 2.24) is 5.32 Å². The number of carbonyl (C=O) groups excluding carboxylic acids is 2. The number of rotatable bonds is 9. The number of ether oxygens (including phenoxy) is 1. The van der Waals surface area contributed by atoms with Crippen LogP contribution in [0.5, 0.6) is 5.75 Å². The van der Waals surface area contributed by atoms with Gasteiger partial charge in [-0.3, -0.25) is 9.59 Å². The fourth-order valence-electron chi connectivity index (χ4n) is 2.42. The molecule has 1 N–H and O–H groups in total. The van der Waals surface area contributed by atoms with Crippen LogP contribution in [0.3, 0.4) is 0 Å². The lowest BCUT2D eigenvalue weighted by Crippen LogP contribution is -2.25. The third-order valence-corrected chi connectivity index (χ3v) is 3.72. The van der Waals surface area contributed by atoms with E-state index in [0.29, 0.717) is 42.9 Å². The molecule has 0 aliphatic heterocycles. The van der Waals surface area contributed by atoms with Crippen molar-refractivity contribution in [2.75, 3.05) is 13.2 Å². The van der Waals surface area contributed by atoms with Gasteiger partial charge >= 0.3 is 0 Å². The van der Waals surface area contributed by atoms with E-state index in [9.17, 15) is 18.4 Å². The molecule has 0 aliphatic rings. The van der Waals surface area contributed by atoms with Crippen LogP contribution in [0.2, 0.25) is 0 Å². The normalized spacial score (nSPS) is 10.4. The molecule has 0 unspecified atom stereocenters. The second kappa shape index (κ2) is 9.65. The van der Waals surface area contributed by atoms with Gasteiger partial charge in [0.15, 0.2) is 5.78 Å². The topological polar surface area (TPSA) is 55.4 Å². The monoisotopic (exact) mass is 361 g/mol. The smallest absolute Gasteiger partial charge is 0.220 e. The van der Waals surface area contributed by atoms with Crippen LogP contribution in [0.15, 0.2) is 42.5 Å². The average Bonchev–Trinajstić information content (AvgIpc) is 2.58. The average molecular weight is 361 g/mol. The first-order chi connectivity index (χ1) is 12.4. The van der Waals surface area contributed by atoms with Crippen LogP contribution in [0.1, 0.15) is 35.7 Å². The Labute approximate surface area is 151 Å². The molecule has 138 valence electrons. The van der Waals surface area contributed by atoms with E-state index in [-0.39, 0.29) is 18.1 Å². The summed E-state index contributed by atoms with van der Waals surface area (Å²) in [5.41, 5.74) is 1.07. The second-order valence-corrected chi connectivity index (χ2v) is 5.91. The molecule has 2 rings (SSSR count). The van der Waals surface area contributed by atoms with Crippen LogP contribution in [0.25, 0.3) is 0 Å². The maximum Gasteiger partial charge on any atom is 0.220 e. The Bertz CT molecular complexity index is 757. The SMILES string of the molecule is CC(=O)c1cccc(OCCCC(=O)NCCc2cc(F)cc(F)c2)c1. The molecular weight excluding hydrogens is 340 g/mol. The number of hydrogen-bond acceptors (Lipinski definition) is 3. The second-order valence-electron chi connectivity index (χ2n) is 5.91. The first-order valence-corrected chi connectivity index (χ1v) is 8.39. The van der Waals surface area contributed by atoms with Crippen LogP contribution >= 0.6 is 0 Å². The Balaban J connectivity index is 1.64. The van der Waals surface area contributed by atoms with Gasteiger partial charge in [-0.2, -0.15) is 0 Å². The Morgan fingerprint density at radius 1 is 1.08 bits per heavy atom. The summed E-state index contributed by atoms with van der Waals surface area (Å²) >= 11 is 0. The van der Waals surface area contributed by atoms with Gasteiger partial charge < -0.3 is 10.1 Å². The molecule has 0 heterocycles. The zero-order valence-electron chi connectivity index (χ0n) is 14.6. The third kappa shape index (κ3) is 6.63. The van der Waals surface area contributed by atoms with E-state index < -0.39 is 11.6 Å². The number of Topliss-reactive ketones (excluding diaryl/α,β-unsaturated/α-hetero) is 1. The van der Waals surface area contributed by atoms with E-state index in [4.69, 9.17) is 4.74 Å². The van der Waals surface area contributed by atoms with Crippen molar-refractivity contribution in [2.24, 2.45) is 0 Å². The highest BCUT2D eigenvalue weighted by Crippen LogP contribution is 2.14. The third-order valence-electron chi connectivity index (χ3n) is 3.72. The zero-order chi connectivity index (χ0) is 18.9. The Morgan fingerprint density at radius 2 is 1.81 bits per heavy atom. The van der Waals surface area contributed by atoms with Crippen molar-refractivity contribution in [1.29, 1.82) is 0 Å². The van der Waals surface area contributed by atoms with Gasteiger partial charge in [-0.25, -0.2) is 8.78 Å². The fraction of sp³-hybridized carbons (Fsp3) is 0.300. The molecule has 2 aromatic rings. The predicted molar refractivity (Wildman–Crippen MR) is 94.2 cm³/mol. The standard InChI is InChI=1S/C20H21F2NO3/c1-14(24)16-4-2-5-19(12-16)26-9-3-6-20(25)23-8-7-15-10-17(21)13-18(22)11-15/h2,4-5,10-13H,3,6-9H2,1H3,(H,23,25). The zero-order valence-corrected chi connectivity index (χ0v) is 14.6. The van der Waals surface area contributed by atoms with Crippen LogP contribution in [0, 0.1) is 11.6 Å². The molecule has 0 spiro atoms. The summed E-state index contributed by atoms with van der Waals surface area (Å²) in [6.07, 6.45) is 1.16. The minimum atomic E-state index is -0.627. The molecule has 26 heavy (non-hydrogen) atoms. The molecule has 0 atom stereocenters. The Kier molecular flexibility index (Phi) is 7.26. The van der Waals surface area contributed by atoms with Crippen molar-refractivity contribution in [3.63, 3.8) is 0 Å². The van der Waals surface area contributed by atoms with Crippen molar-refractivity contribution in [2.45, 2.75) is 26.2 Å². The van der Waals surface area contributed by atoms with Crippen LogP contribution < -0.4 is 10.1 Å². The summed E-state index contributed by atoms with van der Waals surface area (Å²) in [5, 5.41) is 2.71. The number of carbonyl (C=O) groups is 2. The number of halogens is 2. The molecule has 0 saturated carbocycles. The maximum atomic E-state index is 13.1. The lowest BCUT2D eigenvalue weighted by Gasteiger charge is -2.08. The lowest BCUT2D eigenvalue weighted by molar-refractivity contribution is -0.121. The van der Waals surface area contributed by atoms with Gasteiger partial charge in [0, 0.05) is 24.6 Å². The first kappa shape index (κ1) is 19.6. The van der Waals surface area contributed by atoms with E-state index in [1.807, 2.05) is 0 Å². The van der Waals surface area contributed by atoms with Crippen molar-refractivity contribution >= 4 is 11.7 Å². The quantitative estimate of drug-likeness (QED) is 0.547. The molecule has 4 nitrogen and oxygen atoms in total. The fourth-order valence-corrected chi connectivity index (χ4v) is 2.42. The van der Waals surface area contributed by atoms with E-state index in [1.165, 1.54) is 19.1 Å². The predicted octanol–water partition coefficient (Wildman–Crippen LogP) is 3.69. The molecule has 2 aromatic carbocycles. The minimum absolute atomic E-state index is 0.0343. The van der Waals surface area contributed by atoms with Crippen molar-refractivity contribution in [3.8, 4) is 5.75 Å². The van der Waals surface area contributed by atoms with E-state index >= 15 is 0 Å². The number of ketones is 1. The summed E-state index contributed by atoms with van der Waals surface area (Å²) in [5.74, 6) is -0.850. The largest absolute Gasteiger partial charge is 0.494 e. The van der Waals surface area contributed by atoms with Gasteiger partial charge in [0.2, 0.25) is 5.91 Å². The first-order valence-electron chi connectivity index (χ1n) is 8.39. The summed E-state index contributed by atoms with van der Waals surface area (Å²) in [6.45, 7) is 2.15. The van der Waals surface area contributed by atoms with Gasteiger partial charge in [-0.05, 0) is 49.6 Å². The molecule has 0 saturated heterocycles. The molecule has 0 fully saturated rings. The number of nitrogens with one attached hydrogen (secondary N) is 1. The number of amides is 1. The molecular formula is C20H21F2NO3. The van der Waals surface area contributed by atoms with E-state index in [1.54, 1.807) is 24.3 Å². The van der Waals surface area contributed by atoms with Gasteiger partial charge in [0.25, 0.3) is 0 Å². The molecule has 0 bridgehead atoms. The molecule has 1 amide bonds. The molecule has 0 radical (unpaired) electrons. The maximum absolute atomic E-state index is 13.1. The minimum Gasteiger partial charge on any atom is -0.494 e. The van der Waals surface area contributed by atoms with E-state index in [2.05, 4.69) is 5.32 Å². The van der Waals surface area contributed by atoms with Crippen molar-refractivity contribution < 1.29 is 23.1 Å². The molecule has 0 aliphatic carbocycles. The summed E-state index contributed by atoms with van der Waals surface area (Å²) in [7, 11) is 0. The molecule has 6 heteroatoms. The molecule has 0 aromatic heterocycles. The lowest BCUT2D eigenvalue weighted by atomic mass is 10.1. The van der Waals surface area contributed by atoms with Gasteiger partial charge in [0.1, 0.15) is 17.4 Å². The Morgan fingerprint density at radius 3 is 2.50 bits per heavy atom. The highest BCUT2D eigenvalue weighted by Gasteiger charge is 2.05. The summed E-state index contributed by atoms with van der Waals surface area (Å²) in [4.78, 5) is 23.1. The summed E-state index contributed by atoms with van der Waals surface area (Å²) in [6, 6.07) is 10.2. The highest BCUT2D eigenvalue weighted by atomic mass is 19.1. The van der Waals surface area contributed by atoms with Gasteiger partial charge in [-0.15, -0.1) is 0 Å². The van der Waals surface area contributed by atoms with Crippen LogP contribution in [-0.2, 0) is 11.2 Å². The summed E-state index contributed by atoms with van der Waals surface area (Å²) < 4.78 is 31.7. The van der Waals surface area contributed by atoms with Crippen LogP contribution in [0.4, 0.5) is 8.78 Å². The van der Waals surface area contributed by atoms with Crippen LogP contribution in [-0.4, -0.2) is 24.8 Å². The van der Waals surface area contributed by atoms with Gasteiger partial charge in [-0.1, -0.05) is 12.1 Å². The van der Waals surface area contributed by atoms with Gasteiger partial charge in [0.05, 0.1) is 6.61 Å². The van der Waals surface area contributed by atoms with E-state index in [0.717, 1.165) is 6.07 Å². The Hall–Kier alpha value is -2.76. The number of benzene rings is 2. The van der Waals surface area contributed by atoms with Crippen molar-refractivity contribution in [3.05, 3.63) is 65.2 Å². The number of hydrogen-bond donors (Lipinski definition) is 1.